The van der Waals surface area contributed by atoms with Crippen molar-refractivity contribution in [3.63, 3.8) is 0 Å². The van der Waals surface area contributed by atoms with Gasteiger partial charge < -0.3 is 0 Å². The molecule has 10 nitrogen and oxygen atoms in total. The van der Waals surface area contributed by atoms with Gasteiger partial charge >= 0.3 is 0 Å². The number of aryl methyl sites for hydroxylation is 4. The zero-order valence-electron chi connectivity index (χ0n) is 18.1. The molecule has 0 spiro atoms. The van der Waals surface area contributed by atoms with Gasteiger partial charge in [-0.05, 0) is 65.5 Å². The number of nitrogens with zero attached hydrogens (tertiary/aromatic N) is 5. The summed E-state index contributed by atoms with van der Waals surface area (Å²) in [7, 11) is -3.65. The Balaban J connectivity index is 1.49. The van der Waals surface area contributed by atoms with Crippen LogP contribution in [0.3, 0.4) is 0 Å². The smallest absolute Gasteiger partial charge is 0.267 e. The molecule has 4 rings (SSSR count). The van der Waals surface area contributed by atoms with Gasteiger partial charge in [-0.1, -0.05) is 0 Å². The first-order valence-electron chi connectivity index (χ1n) is 10.3. The fraction of sp³-hybridized carbons (Fsp3) is 0.500. The standard InChI is InChI=1S/C20H27N7O3S/c1-12-11-13(2)26(23-12)18-9-10-19(28)27(24-18)17-7-5-16(6-8-17)25-31(29,30)20-14(3)21-22-15(20)4/h9-11,16-17,25H,5-8H2,1-4H3,(H,21,22). The Morgan fingerprint density at radius 2 is 1.77 bits per heavy atom. The van der Waals surface area contributed by atoms with Gasteiger partial charge in [0.15, 0.2) is 5.82 Å². The third-order valence-corrected chi connectivity index (χ3v) is 7.51. The summed E-state index contributed by atoms with van der Waals surface area (Å²) in [6.07, 6.45) is 2.56. The van der Waals surface area contributed by atoms with Gasteiger partial charge in [-0.2, -0.15) is 10.2 Å². The van der Waals surface area contributed by atoms with Gasteiger partial charge in [-0.25, -0.2) is 22.5 Å². The van der Waals surface area contributed by atoms with E-state index in [0.717, 1.165) is 11.4 Å². The van der Waals surface area contributed by atoms with Crippen LogP contribution in [-0.2, 0) is 10.0 Å². The largest absolute Gasteiger partial charge is 0.281 e. The Bertz CT molecular complexity index is 1240. The minimum Gasteiger partial charge on any atom is -0.281 e. The Morgan fingerprint density at radius 1 is 1.06 bits per heavy atom. The van der Waals surface area contributed by atoms with E-state index in [9.17, 15) is 13.2 Å². The maximum atomic E-state index is 12.8. The second-order valence-electron chi connectivity index (χ2n) is 8.20. The molecule has 0 saturated heterocycles. The van der Waals surface area contributed by atoms with Gasteiger partial charge in [-0.3, -0.25) is 9.89 Å². The van der Waals surface area contributed by atoms with Crippen LogP contribution in [0.15, 0.2) is 27.9 Å². The zero-order chi connectivity index (χ0) is 22.3. The van der Waals surface area contributed by atoms with E-state index in [0.29, 0.717) is 42.9 Å². The number of sulfonamides is 1. The summed E-state index contributed by atoms with van der Waals surface area (Å²) in [5.74, 6) is 0.596. The van der Waals surface area contributed by atoms with E-state index >= 15 is 0 Å². The van der Waals surface area contributed by atoms with E-state index in [2.05, 4.69) is 25.1 Å². The van der Waals surface area contributed by atoms with Crippen LogP contribution in [0.2, 0.25) is 0 Å². The number of hydrogen-bond donors (Lipinski definition) is 2. The fourth-order valence-corrected chi connectivity index (χ4v) is 5.98. The Hall–Kier alpha value is -2.79. The lowest BCUT2D eigenvalue weighted by Gasteiger charge is -2.29. The number of nitrogens with one attached hydrogen (secondary N) is 2. The maximum absolute atomic E-state index is 12.8. The lowest BCUT2D eigenvalue weighted by molar-refractivity contribution is 0.284. The van der Waals surface area contributed by atoms with E-state index in [1.54, 1.807) is 24.6 Å². The molecule has 166 valence electrons. The second-order valence-corrected chi connectivity index (χ2v) is 9.85. The molecule has 2 N–H and O–H groups in total. The van der Waals surface area contributed by atoms with E-state index in [-0.39, 0.29) is 22.5 Å². The molecule has 0 radical (unpaired) electrons. The van der Waals surface area contributed by atoms with Gasteiger partial charge in [0.05, 0.1) is 23.1 Å². The van der Waals surface area contributed by atoms with Crippen molar-refractivity contribution in [3.8, 4) is 5.82 Å². The highest BCUT2D eigenvalue weighted by atomic mass is 32.2. The van der Waals surface area contributed by atoms with Crippen LogP contribution in [0.25, 0.3) is 5.82 Å². The van der Waals surface area contributed by atoms with Crippen molar-refractivity contribution in [2.24, 2.45) is 0 Å². The molecular formula is C20H27N7O3S. The molecule has 11 heteroatoms. The molecule has 3 aromatic rings. The van der Waals surface area contributed by atoms with Crippen molar-refractivity contribution >= 4 is 10.0 Å². The monoisotopic (exact) mass is 445 g/mol. The third-order valence-electron chi connectivity index (χ3n) is 5.73. The summed E-state index contributed by atoms with van der Waals surface area (Å²) >= 11 is 0. The molecule has 3 heterocycles. The van der Waals surface area contributed by atoms with Crippen LogP contribution in [-0.4, -0.2) is 44.2 Å². The summed E-state index contributed by atoms with van der Waals surface area (Å²) in [5.41, 5.74) is 2.64. The molecule has 0 unspecified atom stereocenters. The van der Waals surface area contributed by atoms with Crippen molar-refractivity contribution in [1.82, 2.24) is 34.5 Å². The van der Waals surface area contributed by atoms with Crippen molar-refractivity contribution in [1.29, 1.82) is 0 Å². The molecule has 3 aromatic heterocycles. The summed E-state index contributed by atoms with van der Waals surface area (Å²) in [4.78, 5) is 12.7. The Morgan fingerprint density at radius 3 is 2.35 bits per heavy atom. The zero-order valence-corrected chi connectivity index (χ0v) is 18.9. The molecule has 0 atom stereocenters. The highest BCUT2D eigenvalue weighted by Crippen LogP contribution is 2.28. The van der Waals surface area contributed by atoms with Gasteiger partial charge in [0, 0.05) is 17.8 Å². The van der Waals surface area contributed by atoms with Crippen molar-refractivity contribution < 1.29 is 8.42 Å². The van der Waals surface area contributed by atoms with E-state index < -0.39 is 10.0 Å². The molecular weight excluding hydrogens is 418 g/mol. The number of aromatic amines is 1. The first-order valence-corrected chi connectivity index (χ1v) is 11.8. The number of rotatable bonds is 5. The van der Waals surface area contributed by atoms with Crippen molar-refractivity contribution in [2.45, 2.75) is 70.4 Å². The minimum absolute atomic E-state index is 0.0810. The number of H-pyrrole nitrogens is 1. The SMILES string of the molecule is Cc1cc(C)n(-c2ccc(=O)n(C3CCC(NS(=O)(=O)c4c(C)n[nH]c4C)CC3)n2)n1. The number of aromatic nitrogens is 6. The van der Waals surface area contributed by atoms with Crippen molar-refractivity contribution in [3.05, 3.63) is 51.3 Å². The fourth-order valence-electron chi connectivity index (χ4n) is 4.30. The third kappa shape index (κ3) is 4.19. The predicted octanol–water partition coefficient (Wildman–Crippen LogP) is 1.85. The van der Waals surface area contributed by atoms with Crippen LogP contribution in [0.4, 0.5) is 0 Å². The van der Waals surface area contributed by atoms with E-state index in [1.807, 2.05) is 19.9 Å². The molecule has 0 bridgehead atoms. The van der Waals surface area contributed by atoms with Crippen molar-refractivity contribution in [2.75, 3.05) is 0 Å². The van der Waals surface area contributed by atoms with E-state index in [1.165, 1.54) is 10.7 Å². The minimum atomic E-state index is -3.65. The Kier molecular flexibility index (Phi) is 5.56. The highest BCUT2D eigenvalue weighted by molar-refractivity contribution is 7.89. The van der Waals surface area contributed by atoms with Crippen LogP contribution >= 0.6 is 0 Å². The van der Waals surface area contributed by atoms with Crippen LogP contribution < -0.4 is 10.3 Å². The second kappa shape index (κ2) is 8.04. The van der Waals surface area contributed by atoms with Crippen LogP contribution in [0.5, 0.6) is 0 Å². The molecule has 1 fully saturated rings. The Labute approximate surface area is 180 Å². The summed E-state index contributed by atoms with van der Waals surface area (Å²) in [6, 6.07) is 4.87. The van der Waals surface area contributed by atoms with Gasteiger partial charge in [0.2, 0.25) is 10.0 Å². The molecule has 1 aliphatic carbocycles. The molecule has 1 saturated carbocycles. The van der Waals surface area contributed by atoms with Crippen LogP contribution in [0, 0.1) is 27.7 Å². The summed E-state index contributed by atoms with van der Waals surface area (Å²) in [5, 5.41) is 15.7. The molecule has 0 aliphatic heterocycles. The first kappa shape index (κ1) is 21.4. The quantitative estimate of drug-likeness (QED) is 0.617. The van der Waals surface area contributed by atoms with Crippen LogP contribution in [0.1, 0.15) is 54.5 Å². The van der Waals surface area contributed by atoms with Gasteiger partial charge in [-0.15, -0.1) is 5.10 Å². The molecule has 31 heavy (non-hydrogen) atoms. The molecule has 1 aliphatic rings. The predicted molar refractivity (Wildman–Crippen MR) is 115 cm³/mol. The van der Waals surface area contributed by atoms with Gasteiger partial charge in [0.25, 0.3) is 5.56 Å². The normalized spacial score (nSPS) is 19.6. The average molecular weight is 446 g/mol. The average Bonchev–Trinajstić information content (AvgIpc) is 3.23. The maximum Gasteiger partial charge on any atom is 0.267 e. The summed E-state index contributed by atoms with van der Waals surface area (Å²) < 4.78 is 31.6. The van der Waals surface area contributed by atoms with E-state index in [4.69, 9.17) is 0 Å². The van der Waals surface area contributed by atoms with Gasteiger partial charge in [0.1, 0.15) is 4.90 Å². The lowest BCUT2D eigenvalue weighted by Crippen LogP contribution is -2.40. The molecule has 0 amide bonds. The summed E-state index contributed by atoms with van der Waals surface area (Å²) in [6.45, 7) is 7.22. The molecule has 0 aromatic carbocycles. The topological polar surface area (TPSA) is 128 Å². The first-order chi connectivity index (χ1) is 14.7. The lowest BCUT2D eigenvalue weighted by atomic mass is 9.92. The number of hydrogen-bond acceptors (Lipinski definition) is 6. The highest BCUT2D eigenvalue weighted by Gasteiger charge is 2.30.